The molecule has 1 saturated heterocycles. The second-order valence-electron chi connectivity index (χ2n) is 5.31. The molecule has 0 spiro atoms. The van der Waals surface area contributed by atoms with E-state index < -0.39 is 0 Å². The second kappa shape index (κ2) is 5.98. The van der Waals surface area contributed by atoms with Gasteiger partial charge in [0.25, 0.3) is 0 Å². The van der Waals surface area contributed by atoms with Gasteiger partial charge in [0, 0.05) is 32.4 Å². The second-order valence-corrected chi connectivity index (χ2v) is 5.31. The molecule has 0 amide bonds. The van der Waals surface area contributed by atoms with Gasteiger partial charge in [0.15, 0.2) is 0 Å². The van der Waals surface area contributed by atoms with Crippen LogP contribution in [0.25, 0.3) is 0 Å². The summed E-state index contributed by atoms with van der Waals surface area (Å²) >= 11 is 0. The third-order valence-corrected chi connectivity index (χ3v) is 4.06. The quantitative estimate of drug-likeness (QED) is 0.869. The lowest BCUT2D eigenvalue weighted by Crippen LogP contribution is -2.35. The molecule has 6 heteroatoms. The molecule has 22 heavy (non-hydrogen) atoms. The van der Waals surface area contributed by atoms with Gasteiger partial charge in [-0.15, -0.1) is 0 Å². The number of hydrogen-bond donors (Lipinski definition) is 0. The van der Waals surface area contributed by atoms with Crippen molar-refractivity contribution in [2.24, 2.45) is 0 Å². The lowest BCUT2D eigenvalue weighted by atomic mass is 10.1. The number of para-hydroxylation sites is 1. The van der Waals surface area contributed by atoms with Gasteiger partial charge in [0.2, 0.25) is 0 Å². The Bertz CT molecular complexity index is 697. The van der Waals surface area contributed by atoms with Crippen LogP contribution in [0.5, 0.6) is 0 Å². The molecule has 1 unspecified atom stereocenters. The highest BCUT2D eigenvalue weighted by atomic mass is 19.1. The van der Waals surface area contributed by atoms with Crippen LogP contribution in [-0.2, 0) is 0 Å². The fraction of sp³-hybridized carbons (Fsp3) is 0.312. The third kappa shape index (κ3) is 2.58. The molecule has 112 valence electrons. The van der Waals surface area contributed by atoms with Crippen LogP contribution >= 0.6 is 0 Å². The predicted octanol–water partition coefficient (Wildman–Crippen LogP) is 2.20. The minimum Gasteiger partial charge on any atom is -0.366 e. The lowest BCUT2D eigenvalue weighted by Gasteiger charge is -2.26. The Labute approximate surface area is 128 Å². The molecule has 2 aromatic rings. The van der Waals surface area contributed by atoms with E-state index in [4.69, 9.17) is 0 Å². The number of anilines is 2. The van der Waals surface area contributed by atoms with Gasteiger partial charge in [-0.25, -0.2) is 14.4 Å². The standard InChI is InChI=1S/C16H16FN5/c1-21(15-5-7-19-11-20-15)13-6-8-22(10-13)16-12(9-18)3-2-4-14(16)17/h2-5,7,11,13H,6,8,10H2,1H3. The largest absolute Gasteiger partial charge is 0.366 e. The summed E-state index contributed by atoms with van der Waals surface area (Å²) in [6, 6.07) is 8.77. The molecule has 0 saturated carbocycles. The first-order chi connectivity index (χ1) is 10.7. The van der Waals surface area contributed by atoms with Gasteiger partial charge >= 0.3 is 0 Å². The summed E-state index contributed by atoms with van der Waals surface area (Å²) < 4.78 is 14.1. The van der Waals surface area contributed by atoms with Crippen molar-refractivity contribution in [3.05, 3.63) is 48.2 Å². The van der Waals surface area contributed by atoms with Crippen LogP contribution < -0.4 is 9.80 Å². The van der Waals surface area contributed by atoms with Crippen LogP contribution in [0.4, 0.5) is 15.9 Å². The molecular formula is C16H16FN5. The predicted molar refractivity (Wildman–Crippen MR) is 82.2 cm³/mol. The smallest absolute Gasteiger partial charge is 0.147 e. The summed E-state index contributed by atoms with van der Waals surface area (Å²) in [4.78, 5) is 12.2. The highest BCUT2D eigenvalue weighted by Gasteiger charge is 2.29. The van der Waals surface area contributed by atoms with E-state index in [-0.39, 0.29) is 11.9 Å². The van der Waals surface area contributed by atoms with Crippen molar-refractivity contribution in [3.8, 4) is 6.07 Å². The first kappa shape index (κ1) is 14.3. The molecule has 2 heterocycles. The zero-order valence-corrected chi connectivity index (χ0v) is 12.3. The Balaban J connectivity index is 1.80. The monoisotopic (exact) mass is 297 g/mol. The molecule has 0 aliphatic carbocycles. The van der Waals surface area contributed by atoms with E-state index >= 15 is 0 Å². The van der Waals surface area contributed by atoms with E-state index in [1.165, 1.54) is 12.4 Å². The highest BCUT2D eigenvalue weighted by Crippen LogP contribution is 2.29. The van der Waals surface area contributed by atoms with Gasteiger partial charge in [0.05, 0.1) is 11.3 Å². The van der Waals surface area contributed by atoms with E-state index in [1.807, 2.05) is 18.0 Å². The van der Waals surface area contributed by atoms with Gasteiger partial charge in [-0.05, 0) is 24.6 Å². The molecule has 5 nitrogen and oxygen atoms in total. The molecule has 0 N–H and O–H groups in total. The van der Waals surface area contributed by atoms with Crippen LogP contribution in [0.2, 0.25) is 0 Å². The zero-order chi connectivity index (χ0) is 15.5. The summed E-state index contributed by atoms with van der Waals surface area (Å²) in [5, 5.41) is 9.19. The van der Waals surface area contributed by atoms with Crippen LogP contribution in [0.1, 0.15) is 12.0 Å². The Morgan fingerprint density at radius 2 is 2.27 bits per heavy atom. The van der Waals surface area contributed by atoms with Crippen molar-refractivity contribution in [2.75, 3.05) is 29.9 Å². The maximum absolute atomic E-state index is 14.1. The van der Waals surface area contributed by atoms with Crippen molar-refractivity contribution in [3.63, 3.8) is 0 Å². The van der Waals surface area contributed by atoms with Crippen molar-refractivity contribution in [1.82, 2.24) is 9.97 Å². The molecule has 1 aliphatic heterocycles. The van der Waals surface area contributed by atoms with Crippen molar-refractivity contribution >= 4 is 11.5 Å². The van der Waals surface area contributed by atoms with Crippen LogP contribution in [-0.4, -0.2) is 36.1 Å². The summed E-state index contributed by atoms with van der Waals surface area (Å²) in [6.45, 7) is 1.38. The fourth-order valence-corrected chi connectivity index (χ4v) is 2.87. The summed E-state index contributed by atoms with van der Waals surface area (Å²) in [7, 11) is 1.98. The fourth-order valence-electron chi connectivity index (χ4n) is 2.87. The number of aromatic nitrogens is 2. The minimum atomic E-state index is -0.343. The molecule has 3 rings (SSSR count). The topological polar surface area (TPSA) is 56.1 Å². The Kier molecular flexibility index (Phi) is 3.88. The Morgan fingerprint density at radius 1 is 1.41 bits per heavy atom. The highest BCUT2D eigenvalue weighted by molar-refractivity contribution is 5.61. The molecule has 1 aliphatic rings. The van der Waals surface area contributed by atoms with E-state index in [0.717, 1.165) is 18.8 Å². The minimum absolute atomic E-state index is 0.223. The molecule has 1 atom stereocenters. The zero-order valence-electron chi connectivity index (χ0n) is 12.3. The number of hydrogen-bond acceptors (Lipinski definition) is 5. The van der Waals surface area contributed by atoms with Crippen LogP contribution in [0, 0.1) is 17.1 Å². The summed E-state index contributed by atoms with van der Waals surface area (Å²) in [5.74, 6) is 0.500. The Hall–Kier alpha value is -2.68. The lowest BCUT2D eigenvalue weighted by molar-refractivity contribution is 0.621. The van der Waals surface area contributed by atoms with Crippen LogP contribution in [0.3, 0.4) is 0 Å². The molecule has 1 aromatic heterocycles. The number of halogens is 1. The third-order valence-electron chi connectivity index (χ3n) is 4.06. The first-order valence-corrected chi connectivity index (χ1v) is 7.13. The Morgan fingerprint density at radius 3 is 3.00 bits per heavy atom. The molecule has 1 fully saturated rings. The SMILES string of the molecule is CN(c1ccncn1)C1CCN(c2c(F)cccc2C#N)C1. The summed E-state index contributed by atoms with van der Waals surface area (Å²) in [6.07, 6.45) is 4.11. The van der Waals surface area contributed by atoms with E-state index in [0.29, 0.717) is 17.8 Å². The molecule has 1 aromatic carbocycles. The molecule has 0 bridgehead atoms. The molecular weight excluding hydrogens is 281 g/mol. The number of likely N-dealkylation sites (N-methyl/N-ethyl adjacent to an activating group) is 1. The summed E-state index contributed by atoms with van der Waals surface area (Å²) in [5.41, 5.74) is 0.786. The average molecular weight is 297 g/mol. The number of benzene rings is 1. The maximum atomic E-state index is 14.1. The normalized spacial score (nSPS) is 17.3. The van der Waals surface area contributed by atoms with E-state index in [2.05, 4.69) is 20.9 Å². The number of nitriles is 1. The molecule has 0 radical (unpaired) electrons. The first-order valence-electron chi connectivity index (χ1n) is 7.13. The van der Waals surface area contributed by atoms with E-state index in [9.17, 15) is 9.65 Å². The van der Waals surface area contributed by atoms with Gasteiger partial charge in [-0.3, -0.25) is 0 Å². The van der Waals surface area contributed by atoms with Gasteiger partial charge < -0.3 is 9.80 Å². The van der Waals surface area contributed by atoms with E-state index in [1.54, 1.807) is 18.3 Å². The van der Waals surface area contributed by atoms with Gasteiger partial charge in [-0.1, -0.05) is 6.07 Å². The van der Waals surface area contributed by atoms with Crippen molar-refractivity contribution < 1.29 is 4.39 Å². The number of rotatable bonds is 3. The maximum Gasteiger partial charge on any atom is 0.147 e. The van der Waals surface area contributed by atoms with Crippen molar-refractivity contribution in [1.29, 1.82) is 5.26 Å². The van der Waals surface area contributed by atoms with Crippen molar-refractivity contribution in [2.45, 2.75) is 12.5 Å². The average Bonchev–Trinajstić information content (AvgIpc) is 3.04. The van der Waals surface area contributed by atoms with Gasteiger partial charge in [-0.2, -0.15) is 5.26 Å². The van der Waals surface area contributed by atoms with Crippen LogP contribution in [0.15, 0.2) is 36.8 Å². The van der Waals surface area contributed by atoms with Gasteiger partial charge in [0.1, 0.15) is 24.0 Å². The number of nitrogens with zero attached hydrogens (tertiary/aromatic N) is 5.